The van der Waals surface area contributed by atoms with Crippen LogP contribution in [0.15, 0.2) is 97.3 Å². The second kappa shape index (κ2) is 9.72. The zero-order chi connectivity index (χ0) is 21.5. The van der Waals surface area contributed by atoms with Crippen LogP contribution in [-0.2, 0) is 13.0 Å². The van der Waals surface area contributed by atoms with Crippen LogP contribution in [-0.4, -0.2) is 10.9 Å². The number of nitrogens with one attached hydrogen (secondary N) is 1. The molecule has 0 aliphatic carbocycles. The summed E-state index contributed by atoms with van der Waals surface area (Å²) >= 11 is 0. The number of carbonyl (C=O) groups is 1. The summed E-state index contributed by atoms with van der Waals surface area (Å²) in [5.41, 5.74) is 5.77. The van der Waals surface area contributed by atoms with Crippen molar-refractivity contribution in [2.24, 2.45) is 0 Å². The highest BCUT2D eigenvalue weighted by Crippen LogP contribution is 2.18. The summed E-state index contributed by atoms with van der Waals surface area (Å²) < 4.78 is 5.88. The number of benzene rings is 3. The predicted molar refractivity (Wildman–Crippen MR) is 123 cm³/mol. The normalized spacial score (nSPS) is 10.5. The molecule has 0 saturated carbocycles. The van der Waals surface area contributed by atoms with Crippen molar-refractivity contribution in [3.05, 3.63) is 125 Å². The Morgan fingerprint density at radius 1 is 0.839 bits per heavy atom. The van der Waals surface area contributed by atoms with Gasteiger partial charge in [0.15, 0.2) is 0 Å². The van der Waals surface area contributed by atoms with Crippen LogP contribution in [0.5, 0.6) is 5.75 Å². The van der Waals surface area contributed by atoms with Crippen LogP contribution in [0.4, 0.5) is 5.69 Å². The fourth-order valence-corrected chi connectivity index (χ4v) is 3.30. The number of anilines is 1. The maximum atomic E-state index is 12.9. The van der Waals surface area contributed by atoms with Crippen molar-refractivity contribution in [3.63, 3.8) is 0 Å². The van der Waals surface area contributed by atoms with Gasteiger partial charge in [-0.25, -0.2) is 0 Å². The molecule has 1 N–H and O–H groups in total. The summed E-state index contributed by atoms with van der Waals surface area (Å²) in [4.78, 5) is 16.9. The third kappa shape index (κ3) is 5.58. The molecular formula is C27H24N2O2. The molecule has 4 rings (SSSR count). The van der Waals surface area contributed by atoms with Crippen molar-refractivity contribution in [2.75, 3.05) is 5.32 Å². The van der Waals surface area contributed by atoms with E-state index in [2.05, 4.69) is 10.3 Å². The Morgan fingerprint density at radius 3 is 2.26 bits per heavy atom. The molecule has 3 aromatic carbocycles. The minimum atomic E-state index is -0.148. The van der Waals surface area contributed by atoms with E-state index in [0.29, 0.717) is 12.2 Å². The van der Waals surface area contributed by atoms with Crippen LogP contribution >= 0.6 is 0 Å². The highest BCUT2D eigenvalue weighted by molar-refractivity contribution is 6.05. The van der Waals surface area contributed by atoms with Crippen LogP contribution in [0.1, 0.15) is 32.6 Å². The van der Waals surface area contributed by atoms with Crippen molar-refractivity contribution in [1.29, 1.82) is 0 Å². The van der Waals surface area contributed by atoms with Gasteiger partial charge in [0, 0.05) is 29.2 Å². The molecule has 0 unspecified atom stereocenters. The van der Waals surface area contributed by atoms with Crippen LogP contribution in [0.3, 0.4) is 0 Å². The van der Waals surface area contributed by atoms with Gasteiger partial charge in [-0.2, -0.15) is 0 Å². The first kappa shape index (κ1) is 20.4. The van der Waals surface area contributed by atoms with Gasteiger partial charge in [0.05, 0.1) is 0 Å². The van der Waals surface area contributed by atoms with Crippen molar-refractivity contribution in [3.8, 4) is 5.75 Å². The summed E-state index contributed by atoms with van der Waals surface area (Å²) in [6.45, 7) is 2.37. The second-order valence-electron chi connectivity index (χ2n) is 7.44. The first-order valence-corrected chi connectivity index (χ1v) is 10.2. The van der Waals surface area contributed by atoms with Crippen LogP contribution < -0.4 is 10.1 Å². The van der Waals surface area contributed by atoms with Gasteiger partial charge >= 0.3 is 0 Å². The monoisotopic (exact) mass is 408 g/mol. The number of rotatable bonds is 7. The number of pyridine rings is 1. The number of hydrogen-bond donors (Lipinski definition) is 1. The molecule has 4 aromatic rings. The van der Waals surface area contributed by atoms with Crippen molar-refractivity contribution in [1.82, 2.24) is 4.98 Å². The summed E-state index contributed by atoms with van der Waals surface area (Å²) in [5.74, 6) is 0.635. The van der Waals surface area contributed by atoms with Gasteiger partial charge in [0.2, 0.25) is 0 Å². The molecule has 31 heavy (non-hydrogen) atoms. The fourth-order valence-electron chi connectivity index (χ4n) is 3.30. The Kier molecular flexibility index (Phi) is 6.38. The molecule has 0 spiro atoms. The number of carbonyl (C=O) groups excluding carboxylic acids is 1. The summed E-state index contributed by atoms with van der Waals surface area (Å²) in [5, 5.41) is 2.99. The molecule has 1 amide bonds. The van der Waals surface area contributed by atoms with E-state index in [1.807, 2.05) is 91.9 Å². The van der Waals surface area contributed by atoms with E-state index >= 15 is 0 Å². The molecule has 0 bridgehead atoms. The second-order valence-corrected chi connectivity index (χ2v) is 7.44. The first-order chi connectivity index (χ1) is 15.2. The van der Waals surface area contributed by atoms with Crippen molar-refractivity contribution < 1.29 is 9.53 Å². The topological polar surface area (TPSA) is 51.2 Å². The standard InChI is InChI=1S/C27H24N2O2/c1-20-6-12-25(13-7-20)31-19-23-4-2-3-5-26(23)27(30)29-24-10-8-21(9-11-24)18-22-14-16-28-17-15-22/h2-17H,18-19H2,1H3,(H,29,30). The van der Waals surface area contributed by atoms with E-state index in [1.165, 1.54) is 16.7 Å². The van der Waals surface area contributed by atoms with Crippen LogP contribution in [0.2, 0.25) is 0 Å². The molecule has 4 heteroatoms. The Hall–Kier alpha value is -3.92. The van der Waals surface area contributed by atoms with E-state index in [0.717, 1.165) is 23.4 Å². The van der Waals surface area contributed by atoms with E-state index in [9.17, 15) is 4.79 Å². The minimum Gasteiger partial charge on any atom is -0.489 e. The Bertz CT molecular complexity index is 1140. The van der Waals surface area contributed by atoms with Gasteiger partial charge in [0.1, 0.15) is 12.4 Å². The molecule has 154 valence electrons. The lowest BCUT2D eigenvalue weighted by Crippen LogP contribution is -2.15. The largest absolute Gasteiger partial charge is 0.489 e. The zero-order valence-corrected chi connectivity index (χ0v) is 17.4. The van der Waals surface area contributed by atoms with Gasteiger partial charge in [-0.05, 0) is 66.9 Å². The smallest absolute Gasteiger partial charge is 0.256 e. The lowest BCUT2D eigenvalue weighted by Gasteiger charge is -2.12. The zero-order valence-electron chi connectivity index (χ0n) is 17.4. The average molecular weight is 409 g/mol. The van der Waals surface area contributed by atoms with Crippen molar-refractivity contribution >= 4 is 11.6 Å². The number of aryl methyl sites for hydroxylation is 1. The SMILES string of the molecule is Cc1ccc(OCc2ccccc2C(=O)Nc2ccc(Cc3ccncc3)cc2)cc1. The Morgan fingerprint density at radius 2 is 1.52 bits per heavy atom. The quantitative estimate of drug-likeness (QED) is 0.420. The molecule has 0 aliphatic rings. The number of nitrogens with zero attached hydrogens (tertiary/aromatic N) is 1. The highest BCUT2D eigenvalue weighted by Gasteiger charge is 2.12. The lowest BCUT2D eigenvalue weighted by molar-refractivity contribution is 0.102. The third-order valence-corrected chi connectivity index (χ3v) is 5.05. The molecule has 0 radical (unpaired) electrons. The van der Waals surface area contributed by atoms with Crippen LogP contribution in [0.25, 0.3) is 0 Å². The van der Waals surface area contributed by atoms with E-state index in [1.54, 1.807) is 12.4 Å². The molecule has 4 nitrogen and oxygen atoms in total. The van der Waals surface area contributed by atoms with E-state index in [4.69, 9.17) is 4.74 Å². The summed E-state index contributed by atoms with van der Waals surface area (Å²) in [6.07, 6.45) is 4.42. The minimum absolute atomic E-state index is 0.148. The molecule has 1 aromatic heterocycles. The average Bonchev–Trinajstić information content (AvgIpc) is 2.81. The van der Waals surface area contributed by atoms with E-state index in [-0.39, 0.29) is 5.91 Å². The number of aromatic nitrogens is 1. The lowest BCUT2D eigenvalue weighted by atomic mass is 10.1. The van der Waals surface area contributed by atoms with Gasteiger partial charge in [-0.3, -0.25) is 9.78 Å². The van der Waals surface area contributed by atoms with Gasteiger partial charge in [-0.15, -0.1) is 0 Å². The Labute approximate surface area is 182 Å². The molecular weight excluding hydrogens is 384 g/mol. The number of ether oxygens (including phenoxy) is 1. The maximum absolute atomic E-state index is 12.9. The van der Waals surface area contributed by atoms with Gasteiger partial charge < -0.3 is 10.1 Å². The number of hydrogen-bond acceptors (Lipinski definition) is 3. The van der Waals surface area contributed by atoms with Crippen LogP contribution in [0, 0.1) is 6.92 Å². The highest BCUT2D eigenvalue weighted by atomic mass is 16.5. The first-order valence-electron chi connectivity index (χ1n) is 10.2. The summed E-state index contributed by atoms with van der Waals surface area (Å²) in [6, 6.07) is 27.3. The van der Waals surface area contributed by atoms with E-state index < -0.39 is 0 Å². The molecule has 1 heterocycles. The van der Waals surface area contributed by atoms with Gasteiger partial charge in [0.25, 0.3) is 5.91 Å². The Balaban J connectivity index is 1.41. The maximum Gasteiger partial charge on any atom is 0.256 e. The third-order valence-electron chi connectivity index (χ3n) is 5.05. The molecule has 0 atom stereocenters. The van der Waals surface area contributed by atoms with Gasteiger partial charge in [-0.1, -0.05) is 48.0 Å². The summed E-state index contributed by atoms with van der Waals surface area (Å²) in [7, 11) is 0. The molecule has 0 fully saturated rings. The molecule has 0 aliphatic heterocycles. The fraction of sp³-hybridized carbons (Fsp3) is 0.111. The predicted octanol–water partition coefficient (Wildman–Crippen LogP) is 5.81. The van der Waals surface area contributed by atoms with Crippen molar-refractivity contribution in [2.45, 2.75) is 20.0 Å². The molecule has 0 saturated heterocycles. The number of amides is 1.